The standard InChI is InChI=1S/C17H18ClF3N4O3/c1-8(10-3-4-10)14(15-23-9(2)28-25-15)24-16(26)12-5-13(11(18)6-22-12)27-7-17(19,20)21/h5-6,8,10,14H,3-4,7H2,1-2H3,(H,24,26). The van der Waals surface area contributed by atoms with Gasteiger partial charge in [0.15, 0.2) is 12.4 Å². The Morgan fingerprint density at radius 1 is 1.46 bits per heavy atom. The third-order valence-electron chi connectivity index (χ3n) is 4.44. The Bertz CT molecular complexity index is 854. The number of rotatable bonds is 7. The third-order valence-corrected chi connectivity index (χ3v) is 4.73. The van der Waals surface area contributed by atoms with E-state index in [2.05, 4.69) is 25.2 Å². The molecule has 1 N–H and O–H groups in total. The highest BCUT2D eigenvalue weighted by Gasteiger charge is 2.37. The van der Waals surface area contributed by atoms with Crippen molar-refractivity contribution in [3.8, 4) is 5.75 Å². The molecule has 2 atom stereocenters. The molecular formula is C17H18ClF3N4O3. The lowest BCUT2D eigenvalue weighted by molar-refractivity contribution is -0.153. The Labute approximate surface area is 163 Å². The maximum atomic E-state index is 12.7. The van der Waals surface area contributed by atoms with E-state index in [0.29, 0.717) is 17.6 Å². The second kappa shape index (κ2) is 7.94. The number of alkyl halides is 3. The molecule has 28 heavy (non-hydrogen) atoms. The largest absolute Gasteiger partial charge is 0.482 e. The van der Waals surface area contributed by atoms with Gasteiger partial charge in [0.2, 0.25) is 5.89 Å². The number of nitrogens with zero attached hydrogens (tertiary/aromatic N) is 3. The average molecular weight is 419 g/mol. The number of halogens is 4. The van der Waals surface area contributed by atoms with Gasteiger partial charge in [0.25, 0.3) is 5.91 Å². The Morgan fingerprint density at radius 3 is 2.75 bits per heavy atom. The highest BCUT2D eigenvalue weighted by Crippen LogP contribution is 2.42. The van der Waals surface area contributed by atoms with Crippen molar-refractivity contribution in [2.45, 2.75) is 38.9 Å². The summed E-state index contributed by atoms with van der Waals surface area (Å²) in [5, 5.41) is 6.56. The molecule has 0 saturated heterocycles. The number of amides is 1. The molecule has 7 nitrogen and oxygen atoms in total. The van der Waals surface area contributed by atoms with Crippen LogP contribution in [0.1, 0.15) is 48.0 Å². The van der Waals surface area contributed by atoms with Crippen LogP contribution in [0.25, 0.3) is 0 Å². The highest BCUT2D eigenvalue weighted by atomic mass is 35.5. The van der Waals surface area contributed by atoms with Crippen LogP contribution in [0.5, 0.6) is 5.75 Å². The van der Waals surface area contributed by atoms with Crippen LogP contribution >= 0.6 is 11.6 Å². The summed E-state index contributed by atoms with van der Waals surface area (Å²) >= 11 is 5.82. The van der Waals surface area contributed by atoms with E-state index >= 15 is 0 Å². The maximum absolute atomic E-state index is 12.7. The van der Waals surface area contributed by atoms with Crippen molar-refractivity contribution < 1.29 is 27.2 Å². The SMILES string of the molecule is Cc1nc(C(NC(=O)c2cc(OCC(F)(F)F)c(Cl)cn2)C(C)C2CC2)no1. The van der Waals surface area contributed by atoms with Crippen molar-refractivity contribution >= 4 is 17.5 Å². The number of ether oxygens (including phenoxy) is 1. The summed E-state index contributed by atoms with van der Waals surface area (Å²) in [4.78, 5) is 20.7. The van der Waals surface area contributed by atoms with Gasteiger partial charge in [-0.1, -0.05) is 23.7 Å². The quantitative estimate of drug-likeness (QED) is 0.733. The van der Waals surface area contributed by atoms with Crippen LogP contribution in [0.3, 0.4) is 0 Å². The van der Waals surface area contributed by atoms with Gasteiger partial charge in [0.05, 0.1) is 12.2 Å². The van der Waals surface area contributed by atoms with Crippen molar-refractivity contribution in [1.82, 2.24) is 20.4 Å². The molecule has 11 heteroatoms. The lowest BCUT2D eigenvalue weighted by Gasteiger charge is -2.22. The summed E-state index contributed by atoms with van der Waals surface area (Å²) in [6.07, 6.45) is -1.38. The summed E-state index contributed by atoms with van der Waals surface area (Å²) in [5.74, 6) is 0.300. The van der Waals surface area contributed by atoms with Crippen molar-refractivity contribution in [3.05, 3.63) is 34.7 Å². The van der Waals surface area contributed by atoms with E-state index in [1.165, 1.54) is 0 Å². The second-order valence-corrected chi connectivity index (χ2v) is 7.13. The van der Waals surface area contributed by atoms with Crippen LogP contribution in [0.15, 0.2) is 16.8 Å². The summed E-state index contributed by atoms with van der Waals surface area (Å²) < 4.78 is 46.8. The molecule has 1 aliphatic rings. The molecule has 2 heterocycles. The molecular weight excluding hydrogens is 401 g/mol. The number of carbonyl (C=O) groups is 1. The predicted octanol–water partition coefficient (Wildman–Crippen LogP) is 3.88. The normalized spacial score (nSPS) is 16.5. The number of aryl methyl sites for hydroxylation is 1. The first kappa shape index (κ1) is 20.4. The maximum Gasteiger partial charge on any atom is 0.422 e. The van der Waals surface area contributed by atoms with E-state index in [9.17, 15) is 18.0 Å². The Morgan fingerprint density at radius 2 is 2.18 bits per heavy atom. The Kier molecular flexibility index (Phi) is 5.78. The first-order valence-electron chi connectivity index (χ1n) is 8.60. The first-order valence-corrected chi connectivity index (χ1v) is 8.98. The number of aromatic nitrogens is 3. The molecule has 0 radical (unpaired) electrons. The van der Waals surface area contributed by atoms with E-state index in [-0.39, 0.29) is 22.4 Å². The van der Waals surface area contributed by atoms with Crippen molar-refractivity contribution in [2.75, 3.05) is 6.61 Å². The minimum Gasteiger partial charge on any atom is -0.482 e. The lowest BCUT2D eigenvalue weighted by Crippen LogP contribution is -2.34. The molecule has 152 valence electrons. The number of hydrogen-bond acceptors (Lipinski definition) is 6. The van der Waals surface area contributed by atoms with Crippen molar-refractivity contribution in [2.24, 2.45) is 11.8 Å². The number of carbonyl (C=O) groups excluding carboxylic acids is 1. The zero-order chi connectivity index (χ0) is 20.5. The molecule has 0 bridgehead atoms. The second-order valence-electron chi connectivity index (χ2n) is 6.72. The molecule has 1 amide bonds. The molecule has 1 aliphatic carbocycles. The van der Waals surface area contributed by atoms with Gasteiger partial charge < -0.3 is 14.6 Å². The predicted molar refractivity (Wildman–Crippen MR) is 91.9 cm³/mol. The van der Waals surface area contributed by atoms with Crippen LogP contribution in [0.2, 0.25) is 5.02 Å². The van der Waals surface area contributed by atoms with Crippen LogP contribution in [0.4, 0.5) is 13.2 Å². The summed E-state index contributed by atoms with van der Waals surface area (Å²) in [6.45, 7) is 2.09. The van der Waals surface area contributed by atoms with Gasteiger partial charge in [-0.25, -0.2) is 4.98 Å². The Hall–Kier alpha value is -2.36. The van der Waals surface area contributed by atoms with E-state index in [0.717, 1.165) is 25.1 Å². The molecule has 3 rings (SSSR count). The third kappa shape index (κ3) is 5.12. The number of pyridine rings is 1. The zero-order valence-corrected chi connectivity index (χ0v) is 15.8. The fourth-order valence-electron chi connectivity index (χ4n) is 2.80. The summed E-state index contributed by atoms with van der Waals surface area (Å²) in [7, 11) is 0. The van der Waals surface area contributed by atoms with Crippen LogP contribution in [-0.4, -0.2) is 33.8 Å². The fourth-order valence-corrected chi connectivity index (χ4v) is 2.95. The van der Waals surface area contributed by atoms with E-state index in [1.54, 1.807) is 6.92 Å². The van der Waals surface area contributed by atoms with Gasteiger partial charge in [-0.15, -0.1) is 0 Å². The monoisotopic (exact) mass is 418 g/mol. The smallest absolute Gasteiger partial charge is 0.422 e. The summed E-state index contributed by atoms with van der Waals surface area (Å²) in [5.41, 5.74) is -0.130. The molecule has 2 aromatic rings. The van der Waals surface area contributed by atoms with Gasteiger partial charge in [-0.2, -0.15) is 18.2 Å². The molecule has 1 saturated carbocycles. The molecule has 0 aliphatic heterocycles. The van der Waals surface area contributed by atoms with Crippen molar-refractivity contribution in [3.63, 3.8) is 0 Å². The first-order chi connectivity index (χ1) is 13.1. The number of nitrogens with one attached hydrogen (secondary N) is 1. The topological polar surface area (TPSA) is 90.1 Å². The van der Waals surface area contributed by atoms with Gasteiger partial charge in [-0.3, -0.25) is 4.79 Å². The molecule has 1 fully saturated rings. The molecule has 2 aromatic heterocycles. The van der Waals surface area contributed by atoms with Crippen LogP contribution in [-0.2, 0) is 0 Å². The van der Waals surface area contributed by atoms with Gasteiger partial charge in [0.1, 0.15) is 16.5 Å². The van der Waals surface area contributed by atoms with E-state index in [1.807, 2.05) is 6.92 Å². The minimum atomic E-state index is -4.53. The fraction of sp³-hybridized carbons (Fsp3) is 0.529. The van der Waals surface area contributed by atoms with E-state index < -0.39 is 24.7 Å². The average Bonchev–Trinajstić information content (AvgIpc) is 3.39. The molecule has 2 unspecified atom stereocenters. The zero-order valence-electron chi connectivity index (χ0n) is 15.1. The van der Waals surface area contributed by atoms with E-state index in [4.69, 9.17) is 16.1 Å². The summed E-state index contributed by atoms with van der Waals surface area (Å²) in [6, 6.07) is 0.554. The van der Waals surface area contributed by atoms with Crippen LogP contribution in [0, 0.1) is 18.8 Å². The van der Waals surface area contributed by atoms with Crippen LogP contribution < -0.4 is 10.1 Å². The lowest BCUT2D eigenvalue weighted by atomic mass is 9.96. The highest BCUT2D eigenvalue weighted by molar-refractivity contribution is 6.32. The van der Waals surface area contributed by atoms with Gasteiger partial charge >= 0.3 is 6.18 Å². The van der Waals surface area contributed by atoms with Gasteiger partial charge in [-0.05, 0) is 24.7 Å². The molecule has 0 aromatic carbocycles. The minimum absolute atomic E-state index is 0.0502. The van der Waals surface area contributed by atoms with Crippen molar-refractivity contribution in [1.29, 1.82) is 0 Å². The number of hydrogen-bond donors (Lipinski definition) is 1. The van der Waals surface area contributed by atoms with Gasteiger partial charge in [0, 0.05) is 13.0 Å². The Balaban J connectivity index is 1.77. The molecule has 0 spiro atoms.